The molecule has 0 bridgehead atoms. The fraction of sp³-hybridized carbons (Fsp3) is 0.898. The van der Waals surface area contributed by atoms with E-state index in [0.717, 1.165) is 77.0 Å². The van der Waals surface area contributed by atoms with Gasteiger partial charge < -0.3 is 20.3 Å². The zero-order valence-electron chi connectivity index (χ0n) is 43.7. The highest BCUT2D eigenvalue weighted by molar-refractivity contribution is 5.76. The van der Waals surface area contributed by atoms with E-state index in [0.29, 0.717) is 25.9 Å². The second-order valence-electron chi connectivity index (χ2n) is 20.0. The summed E-state index contributed by atoms with van der Waals surface area (Å²) < 4.78 is 5.45. The van der Waals surface area contributed by atoms with Gasteiger partial charge in [0, 0.05) is 12.8 Å². The third kappa shape index (κ3) is 51.6. The topological polar surface area (TPSA) is 95.9 Å². The smallest absolute Gasteiger partial charge is 0.305 e. The number of ether oxygens (including phenoxy) is 1. The second-order valence-corrected chi connectivity index (χ2v) is 20.0. The van der Waals surface area contributed by atoms with Crippen LogP contribution in [0.5, 0.6) is 0 Å². The number of aliphatic hydroxyl groups excluding tert-OH is 2. The molecule has 0 aliphatic carbocycles. The summed E-state index contributed by atoms with van der Waals surface area (Å²) in [5, 5.41) is 23.3. The summed E-state index contributed by atoms with van der Waals surface area (Å²) in [6, 6.07) is -0.561. The molecule has 1 amide bonds. The largest absolute Gasteiger partial charge is 0.466 e. The minimum absolute atomic E-state index is 0.0295. The molecule has 0 aliphatic rings. The van der Waals surface area contributed by atoms with Crippen molar-refractivity contribution in [3.8, 4) is 0 Å². The number of rotatable bonds is 54. The molecule has 384 valence electrons. The molecule has 2 atom stereocenters. The zero-order chi connectivity index (χ0) is 47.2. The number of nitrogens with one attached hydrogen (secondary N) is 1. The molecule has 0 saturated heterocycles. The van der Waals surface area contributed by atoms with E-state index in [9.17, 15) is 19.8 Å². The molecule has 6 heteroatoms. The van der Waals surface area contributed by atoms with Gasteiger partial charge in [0.1, 0.15) is 0 Å². The number of hydrogen-bond acceptors (Lipinski definition) is 5. The number of carbonyl (C=O) groups excluding carboxylic acids is 2. The van der Waals surface area contributed by atoms with E-state index >= 15 is 0 Å². The molecule has 0 aromatic rings. The van der Waals surface area contributed by atoms with E-state index in [1.165, 1.54) is 205 Å². The Bertz CT molecular complexity index is 1010. The van der Waals surface area contributed by atoms with Gasteiger partial charge in [-0.3, -0.25) is 9.59 Å². The maximum absolute atomic E-state index is 12.5. The Morgan fingerprint density at radius 3 is 1.09 bits per heavy atom. The van der Waals surface area contributed by atoms with Crippen molar-refractivity contribution in [2.75, 3.05) is 13.2 Å². The standard InChI is InChI=1S/C59H113NO5/c1-3-5-7-9-11-13-15-17-19-21-22-23-24-25-27-31-35-39-43-47-51-57(62)56(55-61)60-58(63)52-48-44-40-36-32-29-30-34-38-42-46-50-54-65-59(64)53-49-45-41-37-33-28-26-20-18-16-14-12-10-8-6-4-2/h20,26,30,34,56-57,61-62H,3-19,21-25,27-29,31-33,35-55H2,1-2H3,(H,60,63)/b26-20-,34-30-. The second kappa shape index (κ2) is 54.9. The molecular formula is C59H113NO5. The van der Waals surface area contributed by atoms with Gasteiger partial charge in [0.15, 0.2) is 0 Å². The van der Waals surface area contributed by atoms with Gasteiger partial charge >= 0.3 is 5.97 Å². The van der Waals surface area contributed by atoms with E-state index in [1.54, 1.807) is 0 Å². The van der Waals surface area contributed by atoms with Crippen molar-refractivity contribution in [1.29, 1.82) is 0 Å². The average molecular weight is 917 g/mol. The Morgan fingerprint density at radius 2 is 0.723 bits per heavy atom. The Balaban J connectivity index is 3.50. The molecule has 65 heavy (non-hydrogen) atoms. The number of esters is 1. The molecular weight excluding hydrogens is 803 g/mol. The first-order valence-electron chi connectivity index (χ1n) is 29.1. The fourth-order valence-electron chi connectivity index (χ4n) is 8.98. The molecule has 2 unspecified atom stereocenters. The predicted molar refractivity (Wildman–Crippen MR) is 283 cm³/mol. The molecule has 0 radical (unpaired) electrons. The third-order valence-electron chi connectivity index (χ3n) is 13.5. The molecule has 0 aromatic heterocycles. The molecule has 0 fully saturated rings. The summed E-state index contributed by atoms with van der Waals surface area (Å²) in [7, 11) is 0. The van der Waals surface area contributed by atoms with Gasteiger partial charge in [-0.1, -0.05) is 244 Å². The lowest BCUT2D eigenvalue weighted by Gasteiger charge is -2.22. The van der Waals surface area contributed by atoms with Crippen LogP contribution in [0.25, 0.3) is 0 Å². The highest BCUT2D eigenvalue weighted by Gasteiger charge is 2.20. The Hall–Kier alpha value is -1.66. The first-order chi connectivity index (χ1) is 32.0. The number of allylic oxidation sites excluding steroid dienone is 4. The maximum Gasteiger partial charge on any atom is 0.305 e. The molecule has 0 aliphatic heterocycles. The lowest BCUT2D eigenvalue weighted by molar-refractivity contribution is -0.143. The highest BCUT2D eigenvalue weighted by atomic mass is 16.5. The van der Waals surface area contributed by atoms with E-state index in [1.807, 2.05) is 0 Å². The van der Waals surface area contributed by atoms with Crippen LogP contribution in [-0.4, -0.2) is 47.4 Å². The number of hydrogen-bond donors (Lipinski definition) is 3. The molecule has 0 spiro atoms. The summed E-state index contributed by atoms with van der Waals surface area (Å²) in [5.74, 6) is -0.0882. The molecule has 0 rings (SSSR count). The third-order valence-corrected chi connectivity index (χ3v) is 13.5. The van der Waals surface area contributed by atoms with Gasteiger partial charge in [-0.25, -0.2) is 0 Å². The summed E-state index contributed by atoms with van der Waals surface area (Å²) in [6.45, 7) is 4.90. The van der Waals surface area contributed by atoms with E-state index in [4.69, 9.17) is 4.74 Å². The highest BCUT2D eigenvalue weighted by Crippen LogP contribution is 2.17. The van der Waals surface area contributed by atoms with Gasteiger partial charge in [0.2, 0.25) is 5.91 Å². The van der Waals surface area contributed by atoms with Crippen molar-refractivity contribution >= 4 is 11.9 Å². The molecule has 0 heterocycles. The van der Waals surface area contributed by atoms with Gasteiger partial charge in [-0.05, 0) is 83.5 Å². The molecule has 0 aromatic carbocycles. The molecule has 6 nitrogen and oxygen atoms in total. The lowest BCUT2D eigenvalue weighted by atomic mass is 10.0. The van der Waals surface area contributed by atoms with Crippen molar-refractivity contribution in [1.82, 2.24) is 5.32 Å². The number of aliphatic hydroxyl groups is 2. The first-order valence-corrected chi connectivity index (χ1v) is 29.1. The van der Waals surface area contributed by atoms with Gasteiger partial charge in [0.25, 0.3) is 0 Å². The van der Waals surface area contributed by atoms with Crippen molar-refractivity contribution in [2.24, 2.45) is 0 Å². The van der Waals surface area contributed by atoms with Crippen molar-refractivity contribution in [2.45, 2.75) is 328 Å². The van der Waals surface area contributed by atoms with Crippen LogP contribution in [0.15, 0.2) is 24.3 Å². The minimum Gasteiger partial charge on any atom is -0.466 e. The molecule has 0 saturated carbocycles. The van der Waals surface area contributed by atoms with E-state index in [2.05, 4.69) is 43.5 Å². The fourth-order valence-corrected chi connectivity index (χ4v) is 8.98. The summed E-state index contributed by atoms with van der Waals surface area (Å²) >= 11 is 0. The molecule has 3 N–H and O–H groups in total. The number of amides is 1. The van der Waals surface area contributed by atoms with Crippen LogP contribution in [0.3, 0.4) is 0 Å². The van der Waals surface area contributed by atoms with Gasteiger partial charge in [-0.2, -0.15) is 0 Å². The van der Waals surface area contributed by atoms with E-state index in [-0.39, 0.29) is 18.5 Å². The van der Waals surface area contributed by atoms with Crippen molar-refractivity contribution < 1.29 is 24.5 Å². The minimum atomic E-state index is -0.681. The van der Waals surface area contributed by atoms with Crippen LogP contribution in [0.4, 0.5) is 0 Å². The maximum atomic E-state index is 12.5. The van der Waals surface area contributed by atoms with Gasteiger partial charge in [0.05, 0.1) is 25.4 Å². The monoisotopic (exact) mass is 916 g/mol. The van der Waals surface area contributed by atoms with Crippen LogP contribution < -0.4 is 5.32 Å². The normalized spacial score (nSPS) is 12.7. The summed E-state index contributed by atoms with van der Waals surface area (Å²) in [6.07, 6.45) is 65.9. The van der Waals surface area contributed by atoms with E-state index < -0.39 is 12.1 Å². The van der Waals surface area contributed by atoms with Crippen LogP contribution in [0.2, 0.25) is 0 Å². The summed E-state index contributed by atoms with van der Waals surface area (Å²) in [4.78, 5) is 24.5. The van der Waals surface area contributed by atoms with Crippen LogP contribution >= 0.6 is 0 Å². The Labute approximate surface area is 405 Å². The number of unbranched alkanes of at least 4 members (excludes halogenated alkanes) is 39. The predicted octanol–water partition coefficient (Wildman–Crippen LogP) is 17.9. The lowest BCUT2D eigenvalue weighted by Crippen LogP contribution is -2.45. The SMILES string of the molecule is CCCCCCCCC/C=C\CCCCCCCC(=O)OCCCCC/C=C\CCCCCCCC(=O)NC(CO)C(O)CCCCCCCCCCCCCCCCCCCCCC. The quantitative estimate of drug-likeness (QED) is 0.0321. The van der Waals surface area contributed by atoms with Crippen LogP contribution in [-0.2, 0) is 14.3 Å². The number of carbonyl (C=O) groups is 2. The van der Waals surface area contributed by atoms with Crippen LogP contribution in [0, 0.1) is 0 Å². The Morgan fingerprint density at radius 1 is 0.415 bits per heavy atom. The first kappa shape index (κ1) is 63.3. The summed E-state index contributed by atoms with van der Waals surface area (Å²) in [5.41, 5.74) is 0. The van der Waals surface area contributed by atoms with Gasteiger partial charge in [-0.15, -0.1) is 0 Å². The zero-order valence-corrected chi connectivity index (χ0v) is 43.7. The van der Waals surface area contributed by atoms with Crippen LogP contribution in [0.1, 0.15) is 316 Å². The van der Waals surface area contributed by atoms with Crippen molar-refractivity contribution in [3.05, 3.63) is 24.3 Å². The Kier molecular flexibility index (Phi) is 53.5. The van der Waals surface area contributed by atoms with Crippen molar-refractivity contribution in [3.63, 3.8) is 0 Å². The average Bonchev–Trinajstić information content (AvgIpc) is 3.31.